The summed E-state index contributed by atoms with van der Waals surface area (Å²) >= 11 is 8.33. The number of thiophene rings is 1. The number of aromatic nitrogens is 1. The van der Waals surface area contributed by atoms with Crippen LogP contribution in [0.4, 0.5) is 5.69 Å². The number of nitrogens with one attached hydrogen (secondary N) is 1. The van der Waals surface area contributed by atoms with E-state index in [-0.39, 0.29) is 12.3 Å². The maximum Gasteiger partial charge on any atom is 0.230 e. The zero-order chi connectivity index (χ0) is 16.2. The fourth-order valence-electron chi connectivity index (χ4n) is 1.97. The van der Waals surface area contributed by atoms with E-state index in [2.05, 4.69) is 26.2 Å². The Labute approximate surface area is 155 Å². The van der Waals surface area contributed by atoms with Crippen LogP contribution in [0.2, 0.25) is 0 Å². The molecule has 2 heterocycles. The van der Waals surface area contributed by atoms with Crippen molar-refractivity contribution < 1.29 is 4.79 Å². The normalized spacial score (nSPS) is 10.7. The third-order valence-electron chi connectivity index (χ3n) is 3.05. The Morgan fingerprint density at radius 3 is 2.70 bits per heavy atom. The molecule has 118 valence electrons. The van der Waals surface area contributed by atoms with Crippen LogP contribution in [-0.2, 0) is 11.2 Å². The molecule has 0 aliphatic heterocycles. The van der Waals surface area contributed by atoms with Gasteiger partial charge in [0, 0.05) is 25.8 Å². The summed E-state index contributed by atoms with van der Waals surface area (Å²) in [6.07, 6.45) is 2.31. The SMILES string of the molecule is CSc1ccc(NC(=O)Cc2csc(-c3cc(Br)cs3)n2)cc1. The summed E-state index contributed by atoms with van der Waals surface area (Å²) in [5.74, 6) is -0.0499. The number of carbonyl (C=O) groups excluding carboxylic acids is 1. The molecule has 0 saturated carbocycles. The number of rotatable bonds is 5. The summed E-state index contributed by atoms with van der Waals surface area (Å²) < 4.78 is 1.06. The molecule has 23 heavy (non-hydrogen) atoms. The van der Waals surface area contributed by atoms with Crippen molar-refractivity contribution >= 4 is 62.0 Å². The van der Waals surface area contributed by atoms with Gasteiger partial charge in [-0.3, -0.25) is 4.79 Å². The Morgan fingerprint density at radius 2 is 2.04 bits per heavy atom. The van der Waals surface area contributed by atoms with E-state index < -0.39 is 0 Å². The van der Waals surface area contributed by atoms with Gasteiger partial charge in [0.15, 0.2) is 0 Å². The van der Waals surface area contributed by atoms with Gasteiger partial charge < -0.3 is 5.32 Å². The topological polar surface area (TPSA) is 42.0 Å². The third-order valence-corrected chi connectivity index (χ3v) is 6.54. The van der Waals surface area contributed by atoms with Crippen LogP contribution >= 0.6 is 50.4 Å². The van der Waals surface area contributed by atoms with Crippen molar-refractivity contribution in [3.63, 3.8) is 0 Å². The largest absolute Gasteiger partial charge is 0.326 e. The molecule has 0 aliphatic rings. The second-order valence-corrected chi connectivity index (χ2v) is 8.29. The lowest BCUT2D eigenvalue weighted by Gasteiger charge is -2.04. The number of hydrogen-bond acceptors (Lipinski definition) is 5. The van der Waals surface area contributed by atoms with Gasteiger partial charge in [0.2, 0.25) is 5.91 Å². The molecule has 0 spiro atoms. The molecular formula is C16H13BrN2OS3. The fourth-order valence-corrected chi connectivity index (χ4v) is 4.71. The summed E-state index contributed by atoms with van der Waals surface area (Å²) in [4.78, 5) is 19.0. The molecule has 0 saturated heterocycles. The monoisotopic (exact) mass is 424 g/mol. The van der Waals surface area contributed by atoms with Gasteiger partial charge in [-0.05, 0) is 52.5 Å². The number of thiazole rings is 1. The lowest BCUT2D eigenvalue weighted by atomic mass is 10.3. The Kier molecular flexibility index (Phi) is 5.53. The maximum atomic E-state index is 12.1. The summed E-state index contributed by atoms with van der Waals surface area (Å²) in [6, 6.07) is 9.87. The van der Waals surface area contributed by atoms with E-state index in [1.807, 2.05) is 47.3 Å². The number of anilines is 1. The number of hydrogen-bond donors (Lipinski definition) is 1. The molecule has 1 amide bonds. The van der Waals surface area contributed by atoms with E-state index in [0.717, 1.165) is 25.7 Å². The molecule has 7 heteroatoms. The van der Waals surface area contributed by atoms with Gasteiger partial charge in [-0.1, -0.05) is 0 Å². The van der Waals surface area contributed by atoms with Crippen LogP contribution in [0.3, 0.4) is 0 Å². The molecule has 3 nitrogen and oxygen atoms in total. The predicted octanol–water partition coefficient (Wildman–Crippen LogP) is 5.54. The van der Waals surface area contributed by atoms with E-state index in [1.54, 1.807) is 34.4 Å². The standard InChI is InChI=1S/C16H13BrN2OS3/c1-21-13-4-2-11(3-5-13)18-15(20)7-12-9-23-16(19-12)14-6-10(17)8-22-14/h2-6,8-9H,7H2,1H3,(H,18,20). The molecule has 3 rings (SSSR count). The third kappa shape index (κ3) is 4.44. The maximum absolute atomic E-state index is 12.1. The van der Waals surface area contributed by atoms with Crippen LogP contribution in [0, 0.1) is 0 Å². The zero-order valence-corrected chi connectivity index (χ0v) is 16.2. The first-order valence-corrected chi connectivity index (χ1v) is 10.5. The number of thioether (sulfide) groups is 1. The summed E-state index contributed by atoms with van der Waals surface area (Å²) in [5, 5.41) is 7.83. The highest BCUT2D eigenvalue weighted by molar-refractivity contribution is 9.10. The Balaban J connectivity index is 1.62. The van der Waals surface area contributed by atoms with Crippen LogP contribution < -0.4 is 5.32 Å². The number of carbonyl (C=O) groups is 1. The van der Waals surface area contributed by atoms with Crippen molar-refractivity contribution in [1.82, 2.24) is 4.98 Å². The molecule has 0 fully saturated rings. The minimum absolute atomic E-state index is 0.0499. The van der Waals surface area contributed by atoms with Gasteiger partial charge in [-0.25, -0.2) is 4.98 Å². The van der Waals surface area contributed by atoms with Crippen LogP contribution in [-0.4, -0.2) is 17.1 Å². The average molecular weight is 425 g/mol. The molecule has 3 aromatic rings. The number of amides is 1. The van der Waals surface area contributed by atoms with Crippen molar-refractivity contribution in [3.05, 3.63) is 51.3 Å². The number of benzene rings is 1. The average Bonchev–Trinajstić information content (AvgIpc) is 3.17. The van der Waals surface area contributed by atoms with Crippen LogP contribution in [0.25, 0.3) is 9.88 Å². The first kappa shape index (κ1) is 16.7. The minimum Gasteiger partial charge on any atom is -0.326 e. The smallest absolute Gasteiger partial charge is 0.230 e. The van der Waals surface area contributed by atoms with E-state index in [0.29, 0.717) is 0 Å². The van der Waals surface area contributed by atoms with Gasteiger partial charge >= 0.3 is 0 Å². The second-order valence-electron chi connectivity index (χ2n) is 4.73. The lowest BCUT2D eigenvalue weighted by molar-refractivity contribution is -0.115. The molecule has 0 radical (unpaired) electrons. The van der Waals surface area contributed by atoms with Crippen molar-refractivity contribution in [2.75, 3.05) is 11.6 Å². The van der Waals surface area contributed by atoms with Crippen LogP contribution in [0.5, 0.6) is 0 Å². The molecular weight excluding hydrogens is 412 g/mol. The van der Waals surface area contributed by atoms with Gasteiger partial charge in [-0.2, -0.15) is 0 Å². The minimum atomic E-state index is -0.0499. The van der Waals surface area contributed by atoms with Crippen molar-refractivity contribution in [2.24, 2.45) is 0 Å². The quantitative estimate of drug-likeness (QED) is 0.546. The summed E-state index contributed by atoms with van der Waals surface area (Å²) in [6.45, 7) is 0. The molecule has 2 aromatic heterocycles. The fraction of sp³-hybridized carbons (Fsp3) is 0.125. The Hall–Kier alpha value is -1.15. The van der Waals surface area contributed by atoms with E-state index >= 15 is 0 Å². The highest BCUT2D eigenvalue weighted by Crippen LogP contribution is 2.32. The van der Waals surface area contributed by atoms with Gasteiger partial charge in [-0.15, -0.1) is 34.4 Å². The van der Waals surface area contributed by atoms with Gasteiger partial charge in [0.05, 0.1) is 17.0 Å². The highest BCUT2D eigenvalue weighted by Gasteiger charge is 2.10. The Morgan fingerprint density at radius 1 is 1.26 bits per heavy atom. The molecule has 0 aliphatic carbocycles. The summed E-state index contributed by atoms with van der Waals surface area (Å²) in [5.41, 5.74) is 1.61. The number of nitrogens with zero attached hydrogens (tertiary/aromatic N) is 1. The van der Waals surface area contributed by atoms with E-state index in [9.17, 15) is 4.79 Å². The first-order chi connectivity index (χ1) is 11.1. The van der Waals surface area contributed by atoms with Crippen molar-refractivity contribution in [1.29, 1.82) is 0 Å². The molecule has 0 atom stereocenters. The van der Waals surface area contributed by atoms with Crippen molar-refractivity contribution in [2.45, 2.75) is 11.3 Å². The molecule has 0 bridgehead atoms. The zero-order valence-electron chi connectivity index (χ0n) is 12.2. The molecule has 1 N–H and O–H groups in total. The predicted molar refractivity (Wildman–Crippen MR) is 104 cm³/mol. The van der Waals surface area contributed by atoms with Crippen LogP contribution in [0.15, 0.2) is 50.5 Å². The molecule has 1 aromatic carbocycles. The molecule has 0 unspecified atom stereocenters. The number of halogens is 1. The van der Waals surface area contributed by atoms with E-state index in [1.165, 1.54) is 4.90 Å². The van der Waals surface area contributed by atoms with Crippen LogP contribution in [0.1, 0.15) is 5.69 Å². The first-order valence-electron chi connectivity index (χ1n) is 6.77. The van der Waals surface area contributed by atoms with Crippen molar-refractivity contribution in [3.8, 4) is 9.88 Å². The second kappa shape index (κ2) is 7.61. The Bertz CT molecular complexity index is 811. The highest BCUT2D eigenvalue weighted by atomic mass is 79.9. The van der Waals surface area contributed by atoms with E-state index in [4.69, 9.17) is 0 Å². The lowest BCUT2D eigenvalue weighted by Crippen LogP contribution is -2.14. The summed E-state index contributed by atoms with van der Waals surface area (Å²) in [7, 11) is 0. The van der Waals surface area contributed by atoms with Gasteiger partial charge in [0.25, 0.3) is 0 Å². The van der Waals surface area contributed by atoms with Gasteiger partial charge in [0.1, 0.15) is 5.01 Å².